The van der Waals surface area contributed by atoms with Gasteiger partial charge in [-0.15, -0.1) is 4.99 Å². The highest BCUT2D eigenvalue weighted by atomic mass is 19.4. The van der Waals surface area contributed by atoms with Crippen LogP contribution in [0.25, 0.3) is 11.3 Å². The van der Waals surface area contributed by atoms with Crippen molar-refractivity contribution in [2.24, 2.45) is 4.99 Å². The number of halogens is 3. The summed E-state index contributed by atoms with van der Waals surface area (Å²) < 4.78 is 38.9. The summed E-state index contributed by atoms with van der Waals surface area (Å²) in [6.45, 7) is 3.30. The lowest BCUT2D eigenvalue weighted by Crippen LogP contribution is -2.40. The number of carbonyl (C=O) groups excluding carboxylic acids is 3. The number of aliphatic imine (C=N–C) groups is 1. The van der Waals surface area contributed by atoms with Gasteiger partial charge in [0.1, 0.15) is 11.7 Å². The number of nitrogens with one attached hydrogen (secondary N) is 2. The van der Waals surface area contributed by atoms with Gasteiger partial charge in [0.15, 0.2) is 5.82 Å². The highest BCUT2D eigenvalue weighted by Crippen LogP contribution is 2.32. The van der Waals surface area contributed by atoms with Crippen LogP contribution in [0.15, 0.2) is 78.0 Å². The molecule has 2 aromatic heterocycles. The van der Waals surface area contributed by atoms with Crippen molar-refractivity contribution in [2.75, 3.05) is 0 Å². The topological polar surface area (TPSA) is 126 Å². The van der Waals surface area contributed by atoms with Crippen LogP contribution in [0, 0.1) is 13.8 Å². The zero-order valence-electron chi connectivity index (χ0n) is 21.9. The molecule has 4 rings (SSSR count). The fourth-order valence-electron chi connectivity index (χ4n) is 3.98. The summed E-state index contributed by atoms with van der Waals surface area (Å²) in [6, 6.07) is 13.5. The summed E-state index contributed by atoms with van der Waals surface area (Å²) in [7, 11) is 0. The number of alkyl halides is 3. The quantitative estimate of drug-likeness (QED) is 0.233. The predicted octanol–water partition coefficient (Wildman–Crippen LogP) is 4.93. The third-order valence-electron chi connectivity index (χ3n) is 6.04. The molecule has 2 aromatic carbocycles. The van der Waals surface area contributed by atoms with E-state index in [1.807, 2.05) is 0 Å². The zero-order valence-corrected chi connectivity index (χ0v) is 21.9. The molecular weight excluding hydrogens is 537 g/mol. The van der Waals surface area contributed by atoms with E-state index < -0.39 is 29.6 Å². The van der Waals surface area contributed by atoms with Gasteiger partial charge in [0.05, 0.1) is 23.1 Å². The van der Waals surface area contributed by atoms with E-state index in [2.05, 4.69) is 30.6 Å². The fourth-order valence-corrected chi connectivity index (χ4v) is 3.98. The van der Waals surface area contributed by atoms with Crippen LogP contribution in [-0.2, 0) is 22.3 Å². The molecule has 2 heterocycles. The minimum Gasteiger partial charge on any atom is -0.350 e. The van der Waals surface area contributed by atoms with Gasteiger partial charge in [-0.05, 0) is 43.2 Å². The maximum atomic E-state index is 13.3. The number of hydrogen-bond donors (Lipinski definition) is 2. The Bertz CT molecular complexity index is 1600. The van der Waals surface area contributed by atoms with Crippen LogP contribution >= 0.6 is 0 Å². The maximum Gasteiger partial charge on any atom is 0.416 e. The number of pyridine rings is 1. The van der Waals surface area contributed by atoms with Crippen molar-refractivity contribution in [2.45, 2.75) is 32.6 Å². The number of amides is 2. The second kappa shape index (κ2) is 12.3. The van der Waals surface area contributed by atoms with Crippen LogP contribution in [0.4, 0.5) is 19.0 Å². The van der Waals surface area contributed by atoms with E-state index in [-0.39, 0.29) is 18.1 Å². The first-order valence-corrected chi connectivity index (χ1v) is 12.2. The largest absolute Gasteiger partial charge is 0.416 e. The van der Waals surface area contributed by atoms with Gasteiger partial charge in [0, 0.05) is 23.9 Å². The normalized spacial score (nSPS) is 11.7. The Morgan fingerprint density at radius 3 is 2.32 bits per heavy atom. The SMILES string of the molecule is Cc1cnc(C(=O)N[C@H](C(=O)NCc2cc(C)c(-c3ccc(C(F)(F)F)cc3)nc2N=C=O)c2ccccc2)cn1. The van der Waals surface area contributed by atoms with E-state index in [0.717, 1.165) is 12.1 Å². The minimum atomic E-state index is -4.49. The molecule has 0 aliphatic rings. The van der Waals surface area contributed by atoms with Gasteiger partial charge in [-0.3, -0.25) is 14.6 Å². The number of aryl methyl sites for hydroxylation is 2. The molecule has 41 heavy (non-hydrogen) atoms. The number of rotatable bonds is 8. The Kier molecular flexibility index (Phi) is 8.64. The zero-order chi connectivity index (χ0) is 29.6. The summed E-state index contributed by atoms with van der Waals surface area (Å²) in [4.78, 5) is 53.4. The highest BCUT2D eigenvalue weighted by molar-refractivity contribution is 5.96. The first-order chi connectivity index (χ1) is 19.6. The van der Waals surface area contributed by atoms with Crippen LogP contribution in [0.3, 0.4) is 0 Å². The van der Waals surface area contributed by atoms with Gasteiger partial charge in [-0.25, -0.2) is 14.8 Å². The third kappa shape index (κ3) is 7.06. The minimum absolute atomic E-state index is 0.0330. The van der Waals surface area contributed by atoms with E-state index in [1.165, 1.54) is 30.6 Å². The molecule has 4 aromatic rings. The lowest BCUT2D eigenvalue weighted by molar-refractivity contribution is -0.137. The number of benzene rings is 2. The van der Waals surface area contributed by atoms with Crippen molar-refractivity contribution >= 4 is 23.7 Å². The Labute approximate surface area is 232 Å². The Morgan fingerprint density at radius 1 is 1.00 bits per heavy atom. The average molecular weight is 561 g/mol. The van der Waals surface area contributed by atoms with Crippen LogP contribution in [-0.4, -0.2) is 32.8 Å². The van der Waals surface area contributed by atoms with Crippen molar-refractivity contribution < 1.29 is 27.6 Å². The van der Waals surface area contributed by atoms with Crippen molar-refractivity contribution in [3.8, 4) is 11.3 Å². The molecule has 1 atom stereocenters. The summed E-state index contributed by atoms with van der Waals surface area (Å²) >= 11 is 0. The molecule has 0 aliphatic heterocycles. The van der Waals surface area contributed by atoms with Crippen LogP contribution < -0.4 is 10.6 Å². The summed E-state index contributed by atoms with van der Waals surface area (Å²) in [5, 5.41) is 5.40. The first-order valence-electron chi connectivity index (χ1n) is 12.2. The van der Waals surface area contributed by atoms with Crippen molar-refractivity contribution in [1.82, 2.24) is 25.6 Å². The fraction of sp³-hybridized carbons (Fsp3) is 0.172. The highest BCUT2D eigenvalue weighted by Gasteiger charge is 2.30. The van der Waals surface area contributed by atoms with E-state index >= 15 is 0 Å². The van der Waals surface area contributed by atoms with Crippen LogP contribution in [0.2, 0.25) is 0 Å². The number of isocyanates is 1. The van der Waals surface area contributed by atoms with Gasteiger partial charge < -0.3 is 10.6 Å². The average Bonchev–Trinajstić information content (AvgIpc) is 2.96. The monoisotopic (exact) mass is 560 g/mol. The molecule has 9 nitrogen and oxygen atoms in total. The van der Waals surface area contributed by atoms with Crippen molar-refractivity contribution in [1.29, 1.82) is 0 Å². The summed E-state index contributed by atoms with van der Waals surface area (Å²) in [5.41, 5.74) is 2.00. The summed E-state index contributed by atoms with van der Waals surface area (Å²) in [5.74, 6) is -1.22. The summed E-state index contributed by atoms with van der Waals surface area (Å²) in [6.07, 6.45) is -0.326. The lowest BCUT2D eigenvalue weighted by atomic mass is 10.0. The van der Waals surface area contributed by atoms with Gasteiger partial charge >= 0.3 is 6.18 Å². The van der Waals surface area contributed by atoms with E-state index in [1.54, 1.807) is 50.2 Å². The molecule has 2 N–H and O–H groups in total. The second-order valence-electron chi connectivity index (χ2n) is 8.99. The smallest absolute Gasteiger partial charge is 0.350 e. The molecule has 0 saturated heterocycles. The van der Waals surface area contributed by atoms with Gasteiger partial charge in [0.25, 0.3) is 5.91 Å². The van der Waals surface area contributed by atoms with E-state index in [0.29, 0.717) is 33.6 Å². The number of carbonyl (C=O) groups is 2. The molecule has 2 amide bonds. The Balaban J connectivity index is 1.57. The molecule has 0 spiro atoms. The van der Waals surface area contributed by atoms with Crippen LogP contribution in [0.1, 0.15) is 44.5 Å². The van der Waals surface area contributed by atoms with Crippen molar-refractivity contribution in [3.63, 3.8) is 0 Å². The standard InChI is InChI=1S/C29H23F3N6O3/c1-17-12-21(26(36-16-39)37-24(17)20-8-10-22(11-9-20)29(30,31)32)14-35-28(41)25(19-6-4-3-5-7-19)38-27(40)23-15-33-18(2)13-34-23/h3-13,15,25H,14H2,1-2H3,(H,35,41)(H,38,40)/t25-/m0/s1. The van der Waals surface area contributed by atoms with Gasteiger partial charge in [0.2, 0.25) is 12.0 Å². The molecule has 12 heteroatoms. The predicted molar refractivity (Wildman–Crippen MR) is 142 cm³/mol. The lowest BCUT2D eigenvalue weighted by Gasteiger charge is -2.19. The third-order valence-corrected chi connectivity index (χ3v) is 6.04. The number of aromatic nitrogens is 3. The molecule has 0 bridgehead atoms. The molecule has 0 aliphatic carbocycles. The molecule has 208 valence electrons. The van der Waals surface area contributed by atoms with Crippen LogP contribution in [0.5, 0.6) is 0 Å². The van der Waals surface area contributed by atoms with Gasteiger partial charge in [-0.1, -0.05) is 42.5 Å². The molecule has 0 fully saturated rings. The van der Waals surface area contributed by atoms with E-state index in [4.69, 9.17) is 0 Å². The van der Waals surface area contributed by atoms with Crippen molar-refractivity contribution in [3.05, 3.63) is 107 Å². The number of nitrogens with zero attached hydrogens (tertiary/aromatic N) is 4. The first kappa shape index (κ1) is 28.8. The Hall–Kier alpha value is -5.22. The maximum absolute atomic E-state index is 13.3. The molecule has 0 unspecified atom stereocenters. The van der Waals surface area contributed by atoms with Gasteiger partial charge in [-0.2, -0.15) is 13.2 Å². The second-order valence-corrected chi connectivity index (χ2v) is 8.99. The number of hydrogen-bond acceptors (Lipinski definition) is 7. The van der Waals surface area contributed by atoms with E-state index in [9.17, 15) is 27.6 Å². The molecular formula is C29H23F3N6O3. The Morgan fingerprint density at radius 2 is 1.71 bits per heavy atom. The molecule has 0 radical (unpaired) electrons. The molecule has 0 saturated carbocycles.